The fraction of sp³-hybridized carbons (Fsp3) is 0.513. The quantitative estimate of drug-likeness (QED) is 0.0905. The normalized spacial score (nSPS) is 11.9. The van der Waals surface area contributed by atoms with Gasteiger partial charge in [0.05, 0.1) is 8.46 Å². The number of carbonyl (C=O) groups excluding carboxylic acids is 2. The van der Waals surface area contributed by atoms with Gasteiger partial charge in [-0.05, 0) is 79.3 Å². The summed E-state index contributed by atoms with van der Waals surface area (Å²) in [4.78, 5) is 20.7. The summed E-state index contributed by atoms with van der Waals surface area (Å²) in [5.74, 6) is 2.07. The zero-order valence-electron chi connectivity index (χ0n) is 30.7. The van der Waals surface area contributed by atoms with E-state index in [4.69, 9.17) is 9.59 Å². The Bertz CT molecular complexity index is 1310. The Labute approximate surface area is 290 Å². The summed E-state index contributed by atoms with van der Waals surface area (Å²) in [6.07, 6.45) is 0. The largest absolute Gasteiger partial charge is 0.214 e. The maximum absolute atomic E-state index is 18.8. The van der Waals surface area contributed by atoms with Gasteiger partial charge in [-0.25, -0.2) is 12.1 Å². The molecule has 3 aromatic carbocycles. The summed E-state index contributed by atoms with van der Waals surface area (Å²) in [5.41, 5.74) is 7.79. The van der Waals surface area contributed by atoms with Crippen LogP contribution in [0.3, 0.4) is 0 Å². The molecule has 0 amide bonds. The molecule has 0 saturated carbocycles. The molecule has 0 aliphatic carbocycles. The molecule has 0 bridgehead atoms. The number of benzene rings is 2. The van der Waals surface area contributed by atoms with Gasteiger partial charge in [0.2, 0.25) is 0 Å². The zero-order valence-corrected chi connectivity index (χ0v) is 34.8. The molecule has 1 unspecified atom stereocenters. The van der Waals surface area contributed by atoms with Crippen molar-refractivity contribution in [2.45, 2.75) is 132 Å². The van der Waals surface area contributed by atoms with E-state index in [1.165, 1.54) is 43.0 Å². The van der Waals surface area contributed by atoms with E-state index in [2.05, 4.69) is 120 Å². The molecule has 46 heavy (non-hydrogen) atoms. The first-order valence-corrected chi connectivity index (χ1v) is 25.1. The van der Waals surface area contributed by atoms with Crippen LogP contribution in [0.2, 0.25) is 13.1 Å². The fourth-order valence-corrected chi connectivity index (χ4v) is 22.9. The van der Waals surface area contributed by atoms with Crippen molar-refractivity contribution in [3.63, 3.8) is 0 Å². The molecular formula is C39H58FFeO2PSi2-. The van der Waals surface area contributed by atoms with Crippen molar-refractivity contribution in [2.24, 2.45) is 0 Å². The Hall–Kier alpha value is -1.74. The SMILES string of the molecule is CC(C)c1cc(C(C)C)c([Si](F)(P[Si](C)C)c2c(C(C)C)cc(C(C)C)cc2C(C)C)c(C(C)C)c1.O=[C]=[Fe]=[C]=O.c1cc[cH-]c1. The van der Waals surface area contributed by atoms with Crippen molar-refractivity contribution in [2.75, 3.05) is 0 Å². The number of hydrogen-bond donors (Lipinski definition) is 0. The molecule has 1 radical (unpaired) electrons. The average molecular weight is 721 g/mol. The minimum atomic E-state index is -3.54. The van der Waals surface area contributed by atoms with Crippen molar-refractivity contribution in [3.8, 4) is 0 Å². The Kier molecular flexibility index (Phi) is 18.3. The van der Waals surface area contributed by atoms with Gasteiger partial charge in [-0.15, -0.1) is 7.68 Å². The second-order valence-corrected chi connectivity index (χ2v) is 27.4. The molecule has 0 aliphatic rings. The predicted octanol–water partition coefficient (Wildman–Crippen LogP) is 10.5. The minimum absolute atomic E-state index is 0.222. The van der Waals surface area contributed by atoms with E-state index < -0.39 is 16.5 Å². The first-order valence-electron chi connectivity index (χ1n) is 16.6. The summed E-state index contributed by atoms with van der Waals surface area (Å²) >= 11 is -0.222. The second kappa shape index (κ2) is 19.9. The summed E-state index contributed by atoms with van der Waals surface area (Å²) in [6, 6.07) is 19.5. The van der Waals surface area contributed by atoms with E-state index in [0.717, 1.165) is 10.4 Å². The molecule has 7 heteroatoms. The van der Waals surface area contributed by atoms with Gasteiger partial charge in [0.15, 0.2) is 0 Å². The fourth-order valence-electron chi connectivity index (χ4n) is 5.64. The molecule has 0 aromatic heterocycles. The smallest absolute Gasteiger partial charge is 0.172 e. The van der Waals surface area contributed by atoms with Gasteiger partial charge in [-0.1, -0.05) is 120 Å². The minimum Gasteiger partial charge on any atom is -0.214 e. The Morgan fingerprint density at radius 2 is 0.935 bits per heavy atom. The molecule has 2 nitrogen and oxygen atoms in total. The van der Waals surface area contributed by atoms with E-state index in [9.17, 15) is 0 Å². The molecule has 1 atom stereocenters. The number of rotatable bonds is 10. The maximum Gasteiger partial charge on any atom is -0.172 e. The molecule has 255 valence electrons. The molecule has 0 saturated heterocycles. The zero-order chi connectivity index (χ0) is 35.4. The van der Waals surface area contributed by atoms with Crippen LogP contribution in [0, 0.1) is 0 Å². The molecular weight excluding hydrogens is 662 g/mol. The summed E-state index contributed by atoms with van der Waals surface area (Å²) in [7, 11) is -3.93. The molecule has 0 N–H and O–H groups in total. The Morgan fingerprint density at radius 3 is 1.09 bits per heavy atom. The predicted molar refractivity (Wildman–Crippen MR) is 203 cm³/mol. The van der Waals surface area contributed by atoms with Crippen molar-refractivity contribution in [1.29, 1.82) is 0 Å². The van der Waals surface area contributed by atoms with Gasteiger partial charge < -0.3 is 0 Å². The van der Waals surface area contributed by atoms with Crippen LogP contribution >= 0.6 is 7.68 Å². The van der Waals surface area contributed by atoms with Crippen LogP contribution in [-0.2, 0) is 23.7 Å². The van der Waals surface area contributed by atoms with Crippen LogP contribution in [0.25, 0.3) is 0 Å². The Balaban J connectivity index is 0.000000901. The number of hydrogen-bond acceptors (Lipinski definition) is 2. The summed E-state index contributed by atoms with van der Waals surface area (Å²) < 4.78 is 18.8. The third kappa shape index (κ3) is 11.7. The van der Waals surface area contributed by atoms with Gasteiger partial charge in [-0.2, -0.15) is 18.2 Å². The molecule has 3 aromatic rings. The molecule has 0 spiro atoms. The van der Waals surface area contributed by atoms with Gasteiger partial charge in [0.25, 0.3) is 0 Å². The van der Waals surface area contributed by atoms with E-state index in [0.29, 0.717) is 43.2 Å². The topological polar surface area (TPSA) is 34.1 Å². The van der Waals surface area contributed by atoms with Gasteiger partial charge in [-0.3, -0.25) is 4.11 Å². The molecule has 0 heterocycles. The third-order valence-corrected chi connectivity index (χ3v) is 23.2. The summed E-state index contributed by atoms with van der Waals surface area (Å²) in [5, 5.41) is 2.25. The van der Waals surface area contributed by atoms with E-state index >= 15 is 4.11 Å². The average Bonchev–Trinajstić information content (AvgIpc) is 3.56. The monoisotopic (exact) mass is 720 g/mol. The number of halogens is 1. The summed E-state index contributed by atoms with van der Waals surface area (Å²) in [6.45, 7) is 31.8. The van der Waals surface area contributed by atoms with Crippen LogP contribution < -0.4 is 10.4 Å². The van der Waals surface area contributed by atoms with Crippen LogP contribution in [0.1, 0.15) is 152 Å². The van der Waals surface area contributed by atoms with E-state index in [-0.39, 0.29) is 14.1 Å². The second-order valence-electron chi connectivity index (χ2n) is 14.1. The molecule has 3 rings (SSSR count). The Morgan fingerprint density at radius 1 is 0.630 bits per heavy atom. The van der Waals surface area contributed by atoms with Crippen LogP contribution in [0.4, 0.5) is 4.11 Å². The van der Waals surface area contributed by atoms with Gasteiger partial charge in [0, 0.05) is 0 Å². The maximum atomic E-state index is 18.8. The van der Waals surface area contributed by atoms with Gasteiger partial charge >= 0.3 is 41.3 Å². The van der Waals surface area contributed by atoms with Crippen molar-refractivity contribution in [3.05, 3.63) is 88.0 Å². The van der Waals surface area contributed by atoms with E-state index in [1.807, 2.05) is 30.3 Å². The first kappa shape index (κ1) is 42.3. The van der Waals surface area contributed by atoms with Crippen molar-refractivity contribution < 1.29 is 27.8 Å². The molecule has 0 fully saturated rings. The van der Waals surface area contributed by atoms with Crippen LogP contribution in [0.15, 0.2) is 54.6 Å². The van der Waals surface area contributed by atoms with Crippen LogP contribution in [-0.4, -0.2) is 26.1 Å². The van der Waals surface area contributed by atoms with Crippen LogP contribution in [0.5, 0.6) is 0 Å². The van der Waals surface area contributed by atoms with Gasteiger partial charge in [0.1, 0.15) is 0 Å². The molecule has 0 aliphatic heterocycles. The third-order valence-electron chi connectivity index (χ3n) is 8.00. The first-order chi connectivity index (χ1) is 21.4. The van der Waals surface area contributed by atoms with E-state index in [1.54, 1.807) is 0 Å². The van der Waals surface area contributed by atoms with Crippen molar-refractivity contribution >= 4 is 44.2 Å². The van der Waals surface area contributed by atoms with Crippen molar-refractivity contribution in [1.82, 2.24) is 0 Å². The standard InChI is InChI=1S/C32H53FPSi2.C5H5.2CO.Fe/c1-19(2)25-15-27(21(5)6)31(28(16-25)22(7)8)36(33,34-35(13)14)32-29(23(9)10)17-26(20(3)4)18-30(32)24(11)12;1-2-4-5-3-1;2*1-2;/h15-24,34H,1-14H3;1-5H;;;/q;-1;;;.